The van der Waals surface area contributed by atoms with Crippen molar-refractivity contribution in [1.29, 1.82) is 0 Å². The van der Waals surface area contributed by atoms with Crippen molar-refractivity contribution in [1.82, 2.24) is 10.0 Å². The molecule has 0 atom stereocenters. The number of hydrogen-bond donors (Lipinski definition) is 3. The fraction of sp³-hybridized carbons (Fsp3) is 0.556. The molecule has 0 heterocycles. The minimum absolute atomic E-state index is 0.0482. The maximum atomic E-state index is 12.4. The number of hydrogen-bond acceptors (Lipinski definition) is 4. The Labute approximate surface area is 154 Å². The molecule has 0 radical (unpaired) electrons. The number of aryl methyl sites for hydroxylation is 2. The molecule has 1 aliphatic carbocycles. The van der Waals surface area contributed by atoms with Crippen molar-refractivity contribution >= 4 is 21.8 Å². The largest absolute Gasteiger partial charge is 0.370 e. The first-order valence-corrected chi connectivity index (χ1v) is 10.5. The molecule has 2 rings (SSSR count). The van der Waals surface area contributed by atoms with Crippen LogP contribution in [-0.2, 0) is 32.5 Å². The van der Waals surface area contributed by atoms with E-state index in [1.165, 1.54) is 5.56 Å². The number of unbranched alkanes of at least 4 members (excludes halogenated alkanes) is 1. The zero-order valence-electron chi connectivity index (χ0n) is 14.9. The van der Waals surface area contributed by atoms with Crippen LogP contribution in [0.15, 0.2) is 23.1 Å². The molecule has 1 aromatic carbocycles. The maximum absolute atomic E-state index is 12.4. The van der Waals surface area contributed by atoms with E-state index in [4.69, 9.17) is 5.73 Å². The Kier molecular flexibility index (Phi) is 7.59. The summed E-state index contributed by atoms with van der Waals surface area (Å²) >= 11 is 0. The molecule has 0 bridgehead atoms. The van der Waals surface area contributed by atoms with E-state index in [1.54, 1.807) is 12.1 Å². The second-order valence-electron chi connectivity index (χ2n) is 6.56. The average Bonchev–Trinajstić information content (AvgIpc) is 2.60. The molecule has 1 aromatic rings. The molecule has 0 spiro atoms. The lowest BCUT2D eigenvalue weighted by atomic mass is 9.92. The molecule has 0 aliphatic heterocycles. The van der Waals surface area contributed by atoms with E-state index < -0.39 is 10.0 Å². The maximum Gasteiger partial charge on any atom is 0.240 e. The van der Waals surface area contributed by atoms with Crippen LogP contribution in [0.1, 0.15) is 49.7 Å². The summed E-state index contributed by atoms with van der Waals surface area (Å²) in [4.78, 5) is 22.6. The SMILES string of the molecule is NC(=O)CCCCNC(=O)CCNS(=O)(=O)c1ccc2c(c1)CCCC2. The van der Waals surface area contributed by atoms with E-state index in [0.717, 1.165) is 31.2 Å². The smallest absolute Gasteiger partial charge is 0.240 e. The van der Waals surface area contributed by atoms with E-state index >= 15 is 0 Å². The van der Waals surface area contributed by atoms with Gasteiger partial charge in [0.15, 0.2) is 0 Å². The van der Waals surface area contributed by atoms with E-state index in [2.05, 4.69) is 10.0 Å². The van der Waals surface area contributed by atoms with Gasteiger partial charge in [0.1, 0.15) is 0 Å². The summed E-state index contributed by atoms with van der Waals surface area (Å²) in [6, 6.07) is 5.27. The zero-order chi connectivity index (χ0) is 19.0. The number of amides is 2. The first-order chi connectivity index (χ1) is 12.4. The van der Waals surface area contributed by atoms with Gasteiger partial charge in [-0.1, -0.05) is 6.07 Å². The van der Waals surface area contributed by atoms with Gasteiger partial charge in [-0.3, -0.25) is 9.59 Å². The third-order valence-corrected chi connectivity index (χ3v) is 5.91. The van der Waals surface area contributed by atoms with E-state index in [1.807, 2.05) is 6.07 Å². The number of carbonyl (C=O) groups excluding carboxylic acids is 2. The van der Waals surface area contributed by atoms with Crippen molar-refractivity contribution in [3.8, 4) is 0 Å². The number of rotatable bonds is 10. The molecule has 4 N–H and O–H groups in total. The van der Waals surface area contributed by atoms with E-state index in [9.17, 15) is 18.0 Å². The van der Waals surface area contributed by atoms with Crippen molar-refractivity contribution in [3.63, 3.8) is 0 Å². The Hall–Kier alpha value is -1.93. The quantitative estimate of drug-likeness (QED) is 0.524. The second-order valence-corrected chi connectivity index (χ2v) is 8.33. The summed E-state index contributed by atoms with van der Waals surface area (Å²) < 4.78 is 27.2. The molecule has 0 saturated heterocycles. The van der Waals surface area contributed by atoms with E-state index in [0.29, 0.717) is 25.8 Å². The molecule has 0 aromatic heterocycles. The molecule has 7 nitrogen and oxygen atoms in total. The van der Waals surface area contributed by atoms with Crippen LogP contribution in [0.5, 0.6) is 0 Å². The Morgan fingerprint density at radius 1 is 1.00 bits per heavy atom. The van der Waals surface area contributed by atoms with Crippen LogP contribution in [0.4, 0.5) is 0 Å². The molecular formula is C18H27N3O4S. The lowest BCUT2D eigenvalue weighted by molar-refractivity contribution is -0.120. The summed E-state index contributed by atoms with van der Waals surface area (Å²) in [5.41, 5.74) is 7.37. The number of sulfonamides is 1. The summed E-state index contributed by atoms with van der Waals surface area (Å²) in [7, 11) is -3.61. The van der Waals surface area contributed by atoms with Gasteiger partial charge in [-0.05, 0) is 61.8 Å². The summed E-state index contributed by atoms with van der Waals surface area (Å²) in [5, 5.41) is 2.70. The van der Waals surface area contributed by atoms with Gasteiger partial charge in [0.2, 0.25) is 21.8 Å². The van der Waals surface area contributed by atoms with Gasteiger partial charge < -0.3 is 11.1 Å². The number of fused-ring (bicyclic) bond motifs is 1. The number of benzene rings is 1. The van der Waals surface area contributed by atoms with Gasteiger partial charge in [-0.15, -0.1) is 0 Å². The molecule has 2 amide bonds. The summed E-state index contributed by atoms with van der Waals surface area (Å²) in [5.74, 6) is -0.579. The van der Waals surface area contributed by atoms with Crippen LogP contribution >= 0.6 is 0 Å². The van der Waals surface area contributed by atoms with Gasteiger partial charge >= 0.3 is 0 Å². The molecule has 8 heteroatoms. The van der Waals surface area contributed by atoms with Crippen molar-refractivity contribution in [2.45, 2.75) is 56.3 Å². The first kappa shape index (κ1) is 20.4. The number of carbonyl (C=O) groups is 2. The van der Waals surface area contributed by atoms with Crippen LogP contribution in [0, 0.1) is 0 Å². The predicted octanol–water partition coefficient (Wildman–Crippen LogP) is 1.01. The number of nitrogens with one attached hydrogen (secondary N) is 2. The Balaban J connectivity index is 1.74. The lowest BCUT2D eigenvalue weighted by Gasteiger charge is -2.16. The fourth-order valence-corrected chi connectivity index (χ4v) is 4.08. The lowest BCUT2D eigenvalue weighted by Crippen LogP contribution is -2.31. The fourth-order valence-electron chi connectivity index (χ4n) is 3.00. The van der Waals surface area contributed by atoms with Crippen LogP contribution in [0.2, 0.25) is 0 Å². The molecule has 1 aliphatic rings. The highest BCUT2D eigenvalue weighted by molar-refractivity contribution is 7.89. The Bertz CT molecular complexity index is 747. The van der Waals surface area contributed by atoms with Crippen molar-refractivity contribution in [3.05, 3.63) is 29.3 Å². The third-order valence-electron chi connectivity index (χ3n) is 4.45. The van der Waals surface area contributed by atoms with Crippen molar-refractivity contribution in [2.24, 2.45) is 5.73 Å². The van der Waals surface area contributed by atoms with Crippen LogP contribution in [0.25, 0.3) is 0 Å². The molecule has 0 saturated carbocycles. The third kappa shape index (κ3) is 6.42. The number of nitrogens with two attached hydrogens (primary N) is 1. The van der Waals surface area contributed by atoms with Gasteiger partial charge in [-0.25, -0.2) is 13.1 Å². The number of primary amides is 1. The average molecular weight is 381 g/mol. The molecular weight excluding hydrogens is 354 g/mol. The van der Waals surface area contributed by atoms with Crippen molar-refractivity contribution in [2.75, 3.05) is 13.1 Å². The highest BCUT2D eigenvalue weighted by atomic mass is 32.2. The van der Waals surface area contributed by atoms with E-state index in [-0.39, 0.29) is 29.7 Å². The minimum atomic E-state index is -3.61. The van der Waals surface area contributed by atoms with Gasteiger partial charge in [0.25, 0.3) is 0 Å². The molecule has 26 heavy (non-hydrogen) atoms. The summed E-state index contributed by atoms with van der Waals surface area (Å²) in [6.07, 6.45) is 5.81. The highest BCUT2D eigenvalue weighted by Gasteiger charge is 2.17. The molecule has 144 valence electrons. The van der Waals surface area contributed by atoms with Crippen LogP contribution < -0.4 is 15.8 Å². The normalized spacial score (nSPS) is 13.8. The molecule has 0 fully saturated rings. The molecule has 0 unspecified atom stereocenters. The van der Waals surface area contributed by atoms with Crippen molar-refractivity contribution < 1.29 is 18.0 Å². The van der Waals surface area contributed by atoms with Gasteiger partial charge in [-0.2, -0.15) is 0 Å². The van der Waals surface area contributed by atoms with Gasteiger partial charge in [0.05, 0.1) is 4.90 Å². The monoisotopic (exact) mass is 381 g/mol. The predicted molar refractivity (Wildman–Crippen MR) is 98.9 cm³/mol. The standard InChI is InChI=1S/C18H27N3O4S/c19-17(22)7-3-4-11-20-18(23)10-12-21-26(24,25)16-9-8-14-5-1-2-6-15(14)13-16/h8-9,13,21H,1-7,10-12H2,(H2,19,22)(H,20,23). The topological polar surface area (TPSA) is 118 Å². The zero-order valence-corrected chi connectivity index (χ0v) is 15.7. The van der Waals surface area contributed by atoms with Crippen LogP contribution in [-0.4, -0.2) is 33.3 Å². The summed E-state index contributed by atoms with van der Waals surface area (Å²) in [6.45, 7) is 0.496. The minimum Gasteiger partial charge on any atom is -0.370 e. The first-order valence-electron chi connectivity index (χ1n) is 9.05. The Morgan fingerprint density at radius 2 is 1.73 bits per heavy atom. The highest BCUT2D eigenvalue weighted by Crippen LogP contribution is 2.23. The van der Waals surface area contributed by atoms with Crippen LogP contribution in [0.3, 0.4) is 0 Å². The Morgan fingerprint density at radius 3 is 2.46 bits per heavy atom. The second kappa shape index (κ2) is 9.68. The van der Waals surface area contributed by atoms with Gasteiger partial charge in [0, 0.05) is 25.9 Å².